The van der Waals surface area contributed by atoms with Crippen molar-refractivity contribution in [3.05, 3.63) is 0 Å². The third-order valence-electron chi connectivity index (χ3n) is 1.48. The Bertz CT molecular complexity index is 134. The van der Waals surface area contributed by atoms with Crippen LogP contribution < -0.4 is 5.73 Å². The van der Waals surface area contributed by atoms with E-state index < -0.39 is 0 Å². The van der Waals surface area contributed by atoms with Crippen molar-refractivity contribution < 1.29 is 14.3 Å². The molecule has 1 rings (SSSR count). The number of carbonyl (C=O) groups excluding carboxylic acids is 1. The van der Waals surface area contributed by atoms with Gasteiger partial charge in [-0.2, -0.15) is 0 Å². The summed E-state index contributed by atoms with van der Waals surface area (Å²) in [5.41, 5.74) is 5.04. The zero-order chi connectivity index (χ0) is 8.10. The highest BCUT2D eigenvalue weighted by molar-refractivity contribution is 5.67. The minimum atomic E-state index is -0.351. The zero-order valence-electron chi connectivity index (χ0n) is 6.28. The Morgan fingerprint density at radius 1 is 1.55 bits per heavy atom. The van der Waals surface area contributed by atoms with Crippen molar-refractivity contribution in [1.29, 1.82) is 0 Å². The Hall–Kier alpha value is -0.810. The van der Waals surface area contributed by atoms with Crippen LogP contribution in [-0.2, 0) is 9.47 Å². The van der Waals surface area contributed by atoms with Crippen LogP contribution in [0.25, 0.3) is 0 Å². The average molecular weight is 160 g/mol. The Morgan fingerprint density at radius 3 is 2.73 bits per heavy atom. The van der Waals surface area contributed by atoms with Crippen LogP contribution in [0.3, 0.4) is 0 Å². The lowest BCUT2D eigenvalue weighted by molar-refractivity contribution is 0.0279. The third-order valence-corrected chi connectivity index (χ3v) is 1.48. The summed E-state index contributed by atoms with van der Waals surface area (Å²) in [4.78, 5) is 12.5. The SMILES string of the molecule is NCOC(=O)N1CCOCC1. The summed E-state index contributed by atoms with van der Waals surface area (Å²) >= 11 is 0. The maximum Gasteiger partial charge on any atom is 0.411 e. The van der Waals surface area contributed by atoms with Crippen LogP contribution in [0, 0.1) is 0 Å². The van der Waals surface area contributed by atoms with Gasteiger partial charge in [-0.15, -0.1) is 0 Å². The number of carbonyl (C=O) groups is 1. The lowest BCUT2D eigenvalue weighted by atomic mass is 10.5. The Morgan fingerprint density at radius 2 is 2.18 bits per heavy atom. The Balaban J connectivity index is 2.27. The molecule has 2 N–H and O–H groups in total. The van der Waals surface area contributed by atoms with Gasteiger partial charge in [-0.25, -0.2) is 4.79 Å². The van der Waals surface area contributed by atoms with Gasteiger partial charge in [-0.1, -0.05) is 0 Å². The van der Waals surface area contributed by atoms with Crippen LogP contribution in [0.15, 0.2) is 0 Å². The fraction of sp³-hybridized carbons (Fsp3) is 0.833. The predicted molar refractivity (Wildman–Crippen MR) is 37.9 cm³/mol. The van der Waals surface area contributed by atoms with Gasteiger partial charge in [0, 0.05) is 13.1 Å². The molecule has 0 spiro atoms. The maximum absolute atomic E-state index is 11.0. The summed E-state index contributed by atoms with van der Waals surface area (Å²) in [7, 11) is 0. The summed E-state index contributed by atoms with van der Waals surface area (Å²) in [5, 5.41) is 0. The van der Waals surface area contributed by atoms with Crippen molar-refractivity contribution in [2.45, 2.75) is 0 Å². The van der Waals surface area contributed by atoms with Gasteiger partial charge in [0.15, 0.2) is 0 Å². The van der Waals surface area contributed by atoms with Gasteiger partial charge in [-0.05, 0) is 0 Å². The molecule has 64 valence electrons. The molecule has 0 saturated carbocycles. The fourth-order valence-electron chi connectivity index (χ4n) is 0.909. The van der Waals surface area contributed by atoms with Crippen LogP contribution in [-0.4, -0.2) is 44.0 Å². The van der Waals surface area contributed by atoms with Crippen molar-refractivity contribution in [2.75, 3.05) is 33.0 Å². The second kappa shape index (κ2) is 4.15. The number of rotatable bonds is 1. The summed E-state index contributed by atoms with van der Waals surface area (Å²) in [6, 6.07) is 0. The molecule has 1 fully saturated rings. The lowest BCUT2D eigenvalue weighted by Gasteiger charge is -2.25. The number of nitrogens with zero attached hydrogens (tertiary/aromatic N) is 1. The lowest BCUT2D eigenvalue weighted by Crippen LogP contribution is -2.41. The van der Waals surface area contributed by atoms with E-state index in [1.807, 2.05) is 0 Å². The van der Waals surface area contributed by atoms with E-state index in [2.05, 4.69) is 4.74 Å². The van der Waals surface area contributed by atoms with Gasteiger partial charge in [0.1, 0.15) is 6.73 Å². The number of hydrogen-bond donors (Lipinski definition) is 1. The molecule has 0 aliphatic carbocycles. The molecule has 0 bridgehead atoms. The van der Waals surface area contributed by atoms with Gasteiger partial charge in [0.2, 0.25) is 0 Å². The highest BCUT2D eigenvalue weighted by Crippen LogP contribution is 1.98. The smallest absolute Gasteiger partial charge is 0.411 e. The van der Waals surface area contributed by atoms with E-state index in [-0.39, 0.29) is 12.8 Å². The fourth-order valence-corrected chi connectivity index (χ4v) is 0.909. The van der Waals surface area contributed by atoms with E-state index in [0.717, 1.165) is 0 Å². The molecule has 5 nitrogen and oxygen atoms in total. The van der Waals surface area contributed by atoms with Crippen LogP contribution in [0.5, 0.6) is 0 Å². The topological polar surface area (TPSA) is 64.8 Å². The van der Waals surface area contributed by atoms with Crippen molar-refractivity contribution in [2.24, 2.45) is 5.73 Å². The normalized spacial score (nSPS) is 18.1. The summed E-state index contributed by atoms with van der Waals surface area (Å²) < 4.78 is 9.64. The van der Waals surface area contributed by atoms with E-state index in [4.69, 9.17) is 10.5 Å². The van der Waals surface area contributed by atoms with Crippen molar-refractivity contribution in [3.63, 3.8) is 0 Å². The van der Waals surface area contributed by atoms with Crippen LogP contribution in [0.4, 0.5) is 4.79 Å². The monoisotopic (exact) mass is 160 g/mol. The van der Waals surface area contributed by atoms with Crippen LogP contribution in [0.1, 0.15) is 0 Å². The minimum Gasteiger partial charge on any atom is -0.434 e. The largest absolute Gasteiger partial charge is 0.434 e. The molecule has 1 saturated heterocycles. The summed E-state index contributed by atoms with van der Waals surface area (Å²) in [5.74, 6) is 0. The first-order valence-corrected chi connectivity index (χ1v) is 3.54. The quantitative estimate of drug-likeness (QED) is 0.519. The number of nitrogens with two attached hydrogens (primary N) is 1. The first-order valence-electron chi connectivity index (χ1n) is 3.54. The Labute approximate surface area is 65.0 Å². The number of morpholine rings is 1. The van der Waals surface area contributed by atoms with Crippen molar-refractivity contribution in [3.8, 4) is 0 Å². The van der Waals surface area contributed by atoms with Gasteiger partial charge in [0.05, 0.1) is 13.2 Å². The van der Waals surface area contributed by atoms with E-state index in [1.54, 1.807) is 4.90 Å². The molecule has 0 radical (unpaired) electrons. The molecule has 1 heterocycles. The van der Waals surface area contributed by atoms with Gasteiger partial charge >= 0.3 is 6.09 Å². The first-order chi connectivity index (χ1) is 5.34. The highest BCUT2D eigenvalue weighted by atomic mass is 16.6. The van der Waals surface area contributed by atoms with Gasteiger partial charge < -0.3 is 14.4 Å². The number of hydrogen-bond acceptors (Lipinski definition) is 4. The van der Waals surface area contributed by atoms with E-state index in [1.165, 1.54) is 0 Å². The molecule has 11 heavy (non-hydrogen) atoms. The maximum atomic E-state index is 11.0. The Kier molecular flexibility index (Phi) is 3.13. The van der Waals surface area contributed by atoms with Gasteiger partial charge in [-0.3, -0.25) is 5.73 Å². The molecule has 0 unspecified atom stereocenters. The summed E-state index contributed by atoms with van der Waals surface area (Å²) in [6.45, 7) is 2.30. The van der Waals surface area contributed by atoms with Crippen molar-refractivity contribution >= 4 is 6.09 Å². The molecule has 0 aromatic carbocycles. The first kappa shape index (κ1) is 8.29. The molecular weight excluding hydrogens is 148 g/mol. The minimum absolute atomic E-state index is 0.0593. The molecule has 1 amide bonds. The average Bonchev–Trinajstić information content (AvgIpc) is 2.07. The number of amides is 1. The third kappa shape index (κ3) is 2.36. The molecular formula is C6H12N2O3. The molecule has 0 aromatic heterocycles. The highest BCUT2D eigenvalue weighted by Gasteiger charge is 2.16. The molecule has 5 heteroatoms. The molecule has 1 aliphatic heterocycles. The summed E-state index contributed by atoms with van der Waals surface area (Å²) in [6.07, 6.45) is -0.351. The number of ether oxygens (including phenoxy) is 2. The van der Waals surface area contributed by atoms with Crippen LogP contribution >= 0.6 is 0 Å². The van der Waals surface area contributed by atoms with Crippen LogP contribution in [0.2, 0.25) is 0 Å². The predicted octanol–water partition coefficient (Wildman–Crippen LogP) is -0.629. The van der Waals surface area contributed by atoms with E-state index >= 15 is 0 Å². The second-order valence-electron chi connectivity index (χ2n) is 2.18. The van der Waals surface area contributed by atoms with E-state index in [9.17, 15) is 4.79 Å². The molecule has 1 aliphatic rings. The van der Waals surface area contributed by atoms with E-state index in [0.29, 0.717) is 26.3 Å². The second-order valence-corrected chi connectivity index (χ2v) is 2.18. The van der Waals surface area contributed by atoms with Crippen molar-refractivity contribution in [1.82, 2.24) is 4.90 Å². The van der Waals surface area contributed by atoms with Gasteiger partial charge in [0.25, 0.3) is 0 Å². The molecule has 0 aromatic rings. The zero-order valence-corrected chi connectivity index (χ0v) is 6.28. The molecule has 0 atom stereocenters. The standard InChI is InChI=1S/C6H12N2O3/c7-5-11-6(9)8-1-3-10-4-2-8/h1-5,7H2.